The Hall–Kier alpha value is -0.950. The summed E-state index contributed by atoms with van der Waals surface area (Å²) in [6.07, 6.45) is 0.464. The van der Waals surface area contributed by atoms with Gasteiger partial charge in [0, 0.05) is 11.0 Å². The number of hydrogen-bond acceptors (Lipinski definition) is 3. The van der Waals surface area contributed by atoms with Crippen molar-refractivity contribution < 1.29 is 17.6 Å². The fourth-order valence-electron chi connectivity index (χ4n) is 1.28. The van der Waals surface area contributed by atoms with Crippen molar-refractivity contribution in [3.05, 3.63) is 30.1 Å². The van der Waals surface area contributed by atoms with Crippen molar-refractivity contribution in [3.63, 3.8) is 0 Å². The van der Waals surface area contributed by atoms with Crippen LogP contribution >= 0.6 is 15.9 Å². The Bertz CT molecular complexity index is 502. The van der Waals surface area contributed by atoms with Crippen LogP contribution in [0.1, 0.15) is 6.42 Å². The number of alkyl halides is 1. The molecule has 7 heteroatoms. The van der Waals surface area contributed by atoms with Gasteiger partial charge in [0.05, 0.1) is 5.75 Å². The van der Waals surface area contributed by atoms with Crippen molar-refractivity contribution in [1.82, 2.24) is 0 Å². The van der Waals surface area contributed by atoms with Gasteiger partial charge in [-0.15, -0.1) is 0 Å². The maximum absolute atomic E-state index is 12.6. The summed E-state index contributed by atoms with van der Waals surface area (Å²) in [6, 6.07) is 5.13. The second-order valence-corrected chi connectivity index (χ2v) is 6.67. The number of benzene rings is 1. The number of halogens is 2. The average Bonchev–Trinajstić information content (AvgIpc) is 2.29. The Morgan fingerprint density at radius 2 is 1.89 bits per heavy atom. The molecule has 0 aromatic heterocycles. The molecular formula is C11H13BrFNO3S. The lowest BCUT2D eigenvalue weighted by molar-refractivity contribution is -0.113. The Kier molecular flexibility index (Phi) is 5.74. The molecule has 0 saturated heterocycles. The van der Waals surface area contributed by atoms with Crippen LogP contribution in [0.3, 0.4) is 0 Å². The van der Waals surface area contributed by atoms with E-state index in [2.05, 4.69) is 21.2 Å². The second kappa shape index (κ2) is 6.84. The summed E-state index contributed by atoms with van der Waals surface area (Å²) in [5.41, 5.74) is 0.372. The van der Waals surface area contributed by atoms with Gasteiger partial charge in [0.1, 0.15) is 11.6 Å². The van der Waals surface area contributed by atoms with Gasteiger partial charge in [0.25, 0.3) is 0 Å². The largest absolute Gasteiger partial charge is 0.325 e. The van der Waals surface area contributed by atoms with E-state index in [-0.39, 0.29) is 5.75 Å². The van der Waals surface area contributed by atoms with Crippen LogP contribution in [-0.2, 0) is 14.6 Å². The summed E-state index contributed by atoms with van der Waals surface area (Å²) in [4.78, 5) is 11.5. The predicted octanol–water partition coefficient (Wildman–Crippen LogP) is 1.96. The number of carbonyl (C=O) groups is 1. The molecule has 100 valence electrons. The minimum absolute atomic E-state index is 0.0327. The first-order valence-corrected chi connectivity index (χ1v) is 8.19. The van der Waals surface area contributed by atoms with Gasteiger partial charge >= 0.3 is 0 Å². The molecule has 1 aromatic carbocycles. The van der Waals surface area contributed by atoms with Gasteiger partial charge in [-0.2, -0.15) is 0 Å². The molecule has 0 bridgehead atoms. The maximum Gasteiger partial charge on any atom is 0.239 e. The smallest absolute Gasteiger partial charge is 0.239 e. The first-order chi connectivity index (χ1) is 8.43. The number of hydrogen-bond donors (Lipinski definition) is 1. The lowest BCUT2D eigenvalue weighted by Gasteiger charge is -2.05. The van der Waals surface area contributed by atoms with Gasteiger partial charge in [-0.3, -0.25) is 4.79 Å². The molecule has 0 aliphatic carbocycles. The van der Waals surface area contributed by atoms with Crippen LogP contribution in [0.15, 0.2) is 24.3 Å². The van der Waals surface area contributed by atoms with Crippen molar-refractivity contribution in [2.45, 2.75) is 6.42 Å². The molecule has 0 saturated carbocycles. The molecule has 0 spiro atoms. The highest BCUT2D eigenvalue weighted by Crippen LogP contribution is 2.08. The van der Waals surface area contributed by atoms with Gasteiger partial charge in [0.2, 0.25) is 5.91 Å². The van der Waals surface area contributed by atoms with Crippen LogP contribution < -0.4 is 5.32 Å². The summed E-state index contributed by atoms with van der Waals surface area (Å²) >= 11 is 3.13. The lowest BCUT2D eigenvalue weighted by Crippen LogP contribution is -2.24. The quantitative estimate of drug-likeness (QED) is 0.807. The van der Waals surface area contributed by atoms with E-state index in [9.17, 15) is 17.6 Å². The van der Waals surface area contributed by atoms with Crippen molar-refractivity contribution in [1.29, 1.82) is 0 Å². The van der Waals surface area contributed by atoms with Crippen LogP contribution in [0.5, 0.6) is 0 Å². The molecule has 0 heterocycles. The predicted molar refractivity (Wildman–Crippen MR) is 72.1 cm³/mol. The third kappa shape index (κ3) is 5.59. The average molecular weight is 338 g/mol. The summed E-state index contributed by atoms with van der Waals surface area (Å²) in [7, 11) is -3.39. The van der Waals surface area contributed by atoms with Gasteiger partial charge < -0.3 is 5.32 Å². The molecule has 1 amide bonds. The van der Waals surface area contributed by atoms with E-state index in [0.717, 1.165) is 0 Å². The van der Waals surface area contributed by atoms with Crippen LogP contribution in [0.4, 0.5) is 10.1 Å². The zero-order chi connectivity index (χ0) is 13.6. The SMILES string of the molecule is O=C(CS(=O)(=O)CCCBr)Nc1ccc(F)cc1. The van der Waals surface area contributed by atoms with E-state index in [4.69, 9.17) is 0 Å². The van der Waals surface area contributed by atoms with Crippen molar-refractivity contribution in [2.24, 2.45) is 0 Å². The highest BCUT2D eigenvalue weighted by atomic mass is 79.9. The molecule has 0 aliphatic rings. The zero-order valence-electron chi connectivity index (χ0n) is 9.53. The minimum atomic E-state index is -3.39. The highest BCUT2D eigenvalue weighted by Gasteiger charge is 2.16. The molecule has 1 N–H and O–H groups in total. The van der Waals surface area contributed by atoms with Crippen molar-refractivity contribution in [2.75, 3.05) is 22.2 Å². The lowest BCUT2D eigenvalue weighted by atomic mass is 10.3. The second-order valence-electron chi connectivity index (χ2n) is 3.69. The normalized spacial score (nSPS) is 11.2. The maximum atomic E-state index is 12.6. The minimum Gasteiger partial charge on any atom is -0.325 e. The fourth-order valence-corrected chi connectivity index (χ4v) is 3.13. The number of nitrogens with one attached hydrogen (secondary N) is 1. The monoisotopic (exact) mass is 337 g/mol. The Morgan fingerprint density at radius 3 is 2.44 bits per heavy atom. The first-order valence-electron chi connectivity index (χ1n) is 5.25. The third-order valence-corrected chi connectivity index (χ3v) is 4.24. The highest BCUT2D eigenvalue weighted by molar-refractivity contribution is 9.09. The van der Waals surface area contributed by atoms with Crippen molar-refractivity contribution in [3.8, 4) is 0 Å². The molecule has 0 radical (unpaired) electrons. The molecule has 0 atom stereocenters. The van der Waals surface area contributed by atoms with Crippen LogP contribution in [0, 0.1) is 5.82 Å². The molecule has 18 heavy (non-hydrogen) atoms. The molecule has 1 rings (SSSR count). The first kappa shape index (κ1) is 15.1. The van der Waals surface area contributed by atoms with Gasteiger partial charge in [0.15, 0.2) is 9.84 Å². The topological polar surface area (TPSA) is 63.2 Å². The number of carbonyl (C=O) groups excluding carboxylic acids is 1. The standard InChI is InChI=1S/C11H13BrFNO3S/c12-6-1-7-18(16,17)8-11(15)14-10-4-2-9(13)3-5-10/h2-5H,1,6-8H2,(H,14,15). The van der Waals surface area contributed by atoms with E-state index >= 15 is 0 Å². The molecule has 0 unspecified atom stereocenters. The summed E-state index contributed by atoms with van der Waals surface area (Å²) in [6.45, 7) is 0. The van der Waals surface area contributed by atoms with E-state index in [1.165, 1.54) is 24.3 Å². The van der Waals surface area contributed by atoms with E-state index in [1.54, 1.807) is 0 Å². The van der Waals surface area contributed by atoms with E-state index < -0.39 is 27.3 Å². The third-order valence-electron chi connectivity index (χ3n) is 2.07. The van der Waals surface area contributed by atoms with Crippen LogP contribution in [-0.4, -0.2) is 31.2 Å². The molecule has 0 aliphatic heterocycles. The Labute approximate surface area is 114 Å². The Balaban J connectivity index is 2.54. The summed E-state index contributed by atoms with van der Waals surface area (Å²) in [5, 5.41) is 2.98. The number of anilines is 1. The van der Waals surface area contributed by atoms with Gasteiger partial charge in [-0.05, 0) is 30.7 Å². The summed E-state index contributed by atoms with van der Waals surface area (Å²) < 4.78 is 35.6. The van der Waals surface area contributed by atoms with Crippen LogP contribution in [0.25, 0.3) is 0 Å². The van der Waals surface area contributed by atoms with Gasteiger partial charge in [-0.1, -0.05) is 15.9 Å². The number of amides is 1. The molecule has 4 nitrogen and oxygen atoms in total. The molecular weight excluding hydrogens is 325 g/mol. The zero-order valence-corrected chi connectivity index (χ0v) is 11.9. The molecule has 1 aromatic rings. The van der Waals surface area contributed by atoms with Crippen LogP contribution in [0.2, 0.25) is 0 Å². The Morgan fingerprint density at radius 1 is 1.28 bits per heavy atom. The number of rotatable bonds is 6. The fraction of sp³-hybridized carbons (Fsp3) is 0.364. The number of sulfone groups is 1. The van der Waals surface area contributed by atoms with E-state index in [0.29, 0.717) is 17.4 Å². The summed E-state index contributed by atoms with van der Waals surface area (Å²) in [5.74, 6) is -1.62. The van der Waals surface area contributed by atoms with Crippen molar-refractivity contribution >= 4 is 37.4 Å². The molecule has 0 fully saturated rings. The van der Waals surface area contributed by atoms with Gasteiger partial charge in [-0.25, -0.2) is 12.8 Å². The van der Waals surface area contributed by atoms with E-state index in [1.807, 2.05) is 0 Å².